The van der Waals surface area contributed by atoms with Crippen molar-refractivity contribution in [3.63, 3.8) is 0 Å². The van der Waals surface area contributed by atoms with Crippen LogP contribution in [0.25, 0.3) is 0 Å². The smallest absolute Gasteiger partial charge is 0.0270 e. The molecule has 0 saturated carbocycles. The van der Waals surface area contributed by atoms with E-state index in [-0.39, 0.29) is 5.41 Å². The number of pyridine rings is 1. The van der Waals surface area contributed by atoms with Crippen LogP contribution in [0.4, 0.5) is 0 Å². The molecule has 0 amide bonds. The van der Waals surface area contributed by atoms with Gasteiger partial charge in [-0.25, -0.2) is 0 Å². The summed E-state index contributed by atoms with van der Waals surface area (Å²) in [7, 11) is 0. The normalized spacial score (nSPS) is 21.2. The van der Waals surface area contributed by atoms with Crippen molar-refractivity contribution in [2.45, 2.75) is 31.7 Å². The fourth-order valence-corrected chi connectivity index (χ4v) is 2.13. The van der Waals surface area contributed by atoms with Crippen LogP contribution < -0.4 is 10.6 Å². The molecule has 0 aromatic carbocycles. The van der Waals surface area contributed by atoms with Crippen LogP contribution in [0.3, 0.4) is 0 Å². The topological polar surface area (TPSA) is 37.0 Å². The Morgan fingerprint density at radius 3 is 2.81 bits per heavy atom. The van der Waals surface area contributed by atoms with E-state index in [4.69, 9.17) is 0 Å². The summed E-state index contributed by atoms with van der Waals surface area (Å²) in [5, 5.41) is 7.01. The van der Waals surface area contributed by atoms with Crippen LogP contribution in [0.2, 0.25) is 0 Å². The van der Waals surface area contributed by atoms with Crippen molar-refractivity contribution in [3.05, 3.63) is 30.1 Å². The summed E-state index contributed by atoms with van der Waals surface area (Å²) in [5.74, 6) is 0. The van der Waals surface area contributed by atoms with Crippen LogP contribution in [0.5, 0.6) is 0 Å². The Morgan fingerprint density at radius 2 is 2.19 bits per heavy atom. The number of nitrogens with one attached hydrogen (secondary N) is 2. The number of nitrogens with zero attached hydrogens (tertiary/aromatic N) is 1. The lowest BCUT2D eigenvalue weighted by atomic mass is 9.85. The van der Waals surface area contributed by atoms with Gasteiger partial charge >= 0.3 is 0 Å². The van der Waals surface area contributed by atoms with Crippen molar-refractivity contribution >= 4 is 0 Å². The molecule has 1 aromatic rings. The molecule has 1 saturated heterocycles. The van der Waals surface area contributed by atoms with Gasteiger partial charge in [-0.2, -0.15) is 0 Å². The molecule has 88 valence electrons. The van der Waals surface area contributed by atoms with E-state index in [0.29, 0.717) is 6.04 Å². The van der Waals surface area contributed by atoms with Gasteiger partial charge in [-0.05, 0) is 30.7 Å². The molecule has 16 heavy (non-hydrogen) atoms. The van der Waals surface area contributed by atoms with Crippen LogP contribution in [0.15, 0.2) is 24.5 Å². The van der Waals surface area contributed by atoms with Crippen LogP contribution in [0.1, 0.15) is 25.8 Å². The van der Waals surface area contributed by atoms with Crippen LogP contribution >= 0.6 is 0 Å². The predicted octanol–water partition coefficient (Wildman–Crippen LogP) is 1.31. The molecule has 1 fully saturated rings. The summed E-state index contributed by atoms with van der Waals surface area (Å²) in [6, 6.07) is 4.85. The van der Waals surface area contributed by atoms with Crippen molar-refractivity contribution in [3.8, 4) is 0 Å². The van der Waals surface area contributed by atoms with E-state index in [1.54, 1.807) is 0 Å². The SMILES string of the molecule is CC(C)(CNC1CCNC1)c1ccncc1. The van der Waals surface area contributed by atoms with Gasteiger partial charge < -0.3 is 10.6 Å². The zero-order valence-electron chi connectivity index (χ0n) is 10.2. The Hall–Kier alpha value is -0.930. The number of aromatic nitrogens is 1. The predicted molar refractivity (Wildman–Crippen MR) is 66.5 cm³/mol. The molecule has 0 aliphatic carbocycles. The molecule has 1 aliphatic heterocycles. The van der Waals surface area contributed by atoms with E-state index < -0.39 is 0 Å². The average Bonchev–Trinajstić information content (AvgIpc) is 2.81. The van der Waals surface area contributed by atoms with E-state index in [2.05, 4.69) is 41.6 Å². The third-order valence-corrected chi connectivity index (χ3v) is 3.35. The van der Waals surface area contributed by atoms with Crippen LogP contribution in [-0.4, -0.2) is 30.7 Å². The average molecular weight is 219 g/mol. The second-order valence-electron chi connectivity index (χ2n) is 5.19. The second-order valence-corrected chi connectivity index (χ2v) is 5.19. The summed E-state index contributed by atoms with van der Waals surface area (Å²) in [4.78, 5) is 4.07. The van der Waals surface area contributed by atoms with Crippen molar-refractivity contribution in [2.24, 2.45) is 0 Å². The van der Waals surface area contributed by atoms with E-state index in [1.807, 2.05) is 12.4 Å². The first-order chi connectivity index (χ1) is 7.68. The summed E-state index contributed by atoms with van der Waals surface area (Å²) in [6.45, 7) is 7.82. The second kappa shape index (κ2) is 4.93. The summed E-state index contributed by atoms with van der Waals surface area (Å²) in [6.07, 6.45) is 4.98. The van der Waals surface area contributed by atoms with Gasteiger partial charge in [-0.3, -0.25) is 4.98 Å². The van der Waals surface area contributed by atoms with Gasteiger partial charge in [0.15, 0.2) is 0 Å². The molecule has 1 unspecified atom stereocenters. The zero-order chi connectivity index (χ0) is 11.4. The molecule has 0 bridgehead atoms. The first-order valence-electron chi connectivity index (χ1n) is 6.03. The largest absolute Gasteiger partial charge is 0.315 e. The maximum Gasteiger partial charge on any atom is 0.0270 e. The summed E-state index contributed by atoms with van der Waals surface area (Å²) < 4.78 is 0. The van der Waals surface area contributed by atoms with Gasteiger partial charge in [0.05, 0.1) is 0 Å². The Balaban J connectivity index is 1.92. The highest BCUT2D eigenvalue weighted by molar-refractivity contribution is 5.21. The van der Waals surface area contributed by atoms with Crippen molar-refractivity contribution in [1.29, 1.82) is 0 Å². The molecule has 0 spiro atoms. The van der Waals surface area contributed by atoms with Crippen molar-refractivity contribution in [1.82, 2.24) is 15.6 Å². The zero-order valence-corrected chi connectivity index (χ0v) is 10.2. The minimum atomic E-state index is 0.172. The molecule has 0 radical (unpaired) electrons. The lowest BCUT2D eigenvalue weighted by molar-refractivity contribution is 0.428. The Bertz CT molecular complexity index is 315. The molecule has 1 atom stereocenters. The van der Waals surface area contributed by atoms with E-state index in [1.165, 1.54) is 12.0 Å². The first kappa shape index (κ1) is 11.6. The summed E-state index contributed by atoms with van der Waals surface area (Å²) in [5.41, 5.74) is 1.52. The monoisotopic (exact) mass is 219 g/mol. The quantitative estimate of drug-likeness (QED) is 0.801. The molecule has 2 rings (SSSR count). The Morgan fingerprint density at radius 1 is 1.44 bits per heavy atom. The minimum Gasteiger partial charge on any atom is -0.315 e. The minimum absolute atomic E-state index is 0.172. The maximum atomic E-state index is 4.07. The molecule has 2 N–H and O–H groups in total. The van der Waals surface area contributed by atoms with Gasteiger partial charge in [-0.1, -0.05) is 13.8 Å². The molecule has 1 aliphatic rings. The van der Waals surface area contributed by atoms with Gasteiger partial charge in [0.2, 0.25) is 0 Å². The number of hydrogen-bond donors (Lipinski definition) is 2. The van der Waals surface area contributed by atoms with E-state index >= 15 is 0 Å². The number of rotatable bonds is 4. The lowest BCUT2D eigenvalue weighted by Gasteiger charge is -2.27. The van der Waals surface area contributed by atoms with Gasteiger partial charge in [0.1, 0.15) is 0 Å². The van der Waals surface area contributed by atoms with Gasteiger partial charge in [0, 0.05) is 36.9 Å². The molecule has 3 nitrogen and oxygen atoms in total. The van der Waals surface area contributed by atoms with E-state index in [0.717, 1.165) is 19.6 Å². The van der Waals surface area contributed by atoms with Gasteiger partial charge in [-0.15, -0.1) is 0 Å². The highest BCUT2D eigenvalue weighted by Gasteiger charge is 2.22. The Kier molecular flexibility index (Phi) is 3.56. The standard InChI is InChI=1S/C13H21N3/c1-13(2,11-3-6-14-7-4-11)10-16-12-5-8-15-9-12/h3-4,6-7,12,15-16H,5,8-10H2,1-2H3. The molecule has 2 heterocycles. The van der Waals surface area contributed by atoms with Crippen LogP contribution in [-0.2, 0) is 5.41 Å². The van der Waals surface area contributed by atoms with Gasteiger partial charge in [0.25, 0.3) is 0 Å². The van der Waals surface area contributed by atoms with E-state index in [9.17, 15) is 0 Å². The molecular formula is C13H21N3. The molecular weight excluding hydrogens is 198 g/mol. The number of hydrogen-bond acceptors (Lipinski definition) is 3. The fourth-order valence-electron chi connectivity index (χ4n) is 2.13. The van der Waals surface area contributed by atoms with Crippen molar-refractivity contribution < 1.29 is 0 Å². The maximum absolute atomic E-state index is 4.07. The summed E-state index contributed by atoms with van der Waals surface area (Å²) >= 11 is 0. The van der Waals surface area contributed by atoms with Crippen molar-refractivity contribution in [2.75, 3.05) is 19.6 Å². The molecule has 3 heteroatoms. The fraction of sp³-hybridized carbons (Fsp3) is 0.615. The lowest BCUT2D eigenvalue weighted by Crippen LogP contribution is -2.40. The Labute approximate surface area is 97.7 Å². The third-order valence-electron chi connectivity index (χ3n) is 3.35. The highest BCUT2D eigenvalue weighted by atomic mass is 15.0. The van der Waals surface area contributed by atoms with Crippen LogP contribution in [0, 0.1) is 0 Å². The highest BCUT2D eigenvalue weighted by Crippen LogP contribution is 2.21. The third kappa shape index (κ3) is 2.80. The first-order valence-corrected chi connectivity index (χ1v) is 6.03. The molecule has 1 aromatic heterocycles.